The van der Waals surface area contributed by atoms with Crippen LogP contribution in [0.15, 0.2) is 54.6 Å². The summed E-state index contributed by atoms with van der Waals surface area (Å²) in [4.78, 5) is 11.9. The summed E-state index contributed by atoms with van der Waals surface area (Å²) in [6.45, 7) is 1.67. The van der Waals surface area contributed by atoms with E-state index >= 15 is 0 Å². The molecule has 0 aliphatic rings. The Labute approximate surface area is 154 Å². The van der Waals surface area contributed by atoms with Crippen LogP contribution in [0.25, 0.3) is 0 Å². The Balaban J connectivity index is 0.00000312. The number of carbonyl (C=O) groups is 1. The standard InChI is InChI=1S/C19H24N2O3.ClH/c1-23-14-18(20)19(22)21-11-16-9-5-6-10-17(16)13-24-12-15-7-3-2-4-8-15;/h2-10,18H,11-14,20H2,1H3,(H,21,22);1H. The second-order valence-corrected chi connectivity index (χ2v) is 5.53. The first kappa shape index (κ1) is 21.1. The van der Waals surface area contributed by atoms with Gasteiger partial charge in [0.1, 0.15) is 6.04 Å². The summed E-state index contributed by atoms with van der Waals surface area (Å²) in [6.07, 6.45) is 0. The lowest BCUT2D eigenvalue weighted by molar-refractivity contribution is -0.123. The number of nitrogens with two attached hydrogens (primary N) is 1. The number of ether oxygens (including phenoxy) is 2. The number of methoxy groups -OCH3 is 1. The quantitative estimate of drug-likeness (QED) is 0.716. The van der Waals surface area contributed by atoms with Crippen molar-refractivity contribution in [3.05, 3.63) is 71.3 Å². The molecule has 136 valence electrons. The molecule has 2 aromatic carbocycles. The molecule has 1 amide bonds. The summed E-state index contributed by atoms with van der Waals surface area (Å²) < 4.78 is 10.7. The molecular formula is C19H25ClN2O3. The van der Waals surface area contributed by atoms with E-state index in [-0.39, 0.29) is 24.9 Å². The lowest BCUT2D eigenvalue weighted by Crippen LogP contribution is -2.43. The van der Waals surface area contributed by atoms with Crippen LogP contribution in [-0.2, 0) is 34.0 Å². The Morgan fingerprint density at radius 1 is 1.04 bits per heavy atom. The second-order valence-electron chi connectivity index (χ2n) is 5.53. The van der Waals surface area contributed by atoms with Gasteiger partial charge in [-0.1, -0.05) is 54.6 Å². The predicted molar refractivity (Wildman–Crippen MR) is 100 cm³/mol. The van der Waals surface area contributed by atoms with Gasteiger partial charge in [0.15, 0.2) is 0 Å². The van der Waals surface area contributed by atoms with E-state index in [1.807, 2.05) is 54.6 Å². The minimum absolute atomic E-state index is 0. The lowest BCUT2D eigenvalue weighted by atomic mass is 10.1. The molecule has 0 heterocycles. The molecule has 2 rings (SSSR count). The average Bonchev–Trinajstić information content (AvgIpc) is 2.61. The highest BCUT2D eigenvalue weighted by Crippen LogP contribution is 2.11. The third-order valence-corrected chi connectivity index (χ3v) is 3.62. The number of benzene rings is 2. The van der Waals surface area contributed by atoms with Crippen molar-refractivity contribution in [2.45, 2.75) is 25.8 Å². The van der Waals surface area contributed by atoms with Crippen molar-refractivity contribution in [1.29, 1.82) is 0 Å². The monoisotopic (exact) mass is 364 g/mol. The fourth-order valence-electron chi connectivity index (χ4n) is 2.29. The van der Waals surface area contributed by atoms with E-state index in [1.54, 1.807) is 0 Å². The molecular weight excluding hydrogens is 340 g/mol. The summed E-state index contributed by atoms with van der Waals surface area (Å²) in [5.74, 6) is -0.225. The molecule has 0 fully saturated rings. The first-order chi connectivity index (χ1) is 11.7. The molecule has 25 heavy (non-hydrogen) atoms. The van der Waals surface area contributed by atoms with Crippen molar-refractivity contribution in [2.24, 2.45) is 5.73 Å². The molecule has 2 aromatic rings. The van der Waals surface area contributed by atoms with Crippen LogP contribution in [0.2, 0.25) is 0 Å². The number of nitrogens with one attached hydrogen (secondary N) is 1. The molecule has 0 bridgehead atoms. The largest absolute Gasteiger partial charge is 0.383 e. The number of hydrogen-bond acceptors (Lipinski definition) is 4. The van der Waals surface area contributed by atoms with E-state index in [9.17, 15) is 4.79 Å². The van der Waals surface area contributed by atoms with Gasteiger partial charge in [-0.2, -0.15) is 0 Å². The fourth-order valence-corrected chi connectivity index (χ4v) is 2.29. The van der Waals surface area contributed by atoms with Crippen LogP contribution in [0.3, 0.4) is 0 Å². The smallest absolute Gasteiger partial charge is 0.239 e. The third kappa shape index (κ3) is 7.23. The molecule has 0 radical (unpaired) electrons. The molecule has 0 saturated carbocycles. The van der Waals surface area contributed by atoms with Crippen molar-refractivity contribution < 1.29 is 14.3 Å². The molecule has 1 atom stereocenters. The number of halogens is 1. The molecule has 0 aromatic heterocycles. The van der Waals surface area contributed by atoms with Crippen LogP contribution in [-0.4, -0.2) is 25.7 Å². The van der Waals surface area contributed by atoms with Crippen LogP contribution in [0.5, 0.6) is 0 Å². The van der Waals surface area contributed by atoms with Crippen molar-refractivity contribution >= 4 is 18.3 Å². The van der Waals surface area contributed by atoms with Crippen LogP contribution in [0.1, 0.15) is 16.7 Å². The maximum atomic E-state index is 11.9. The molecule has 5 nitrogen and oxygen atoms in total. The minimum Gasteiger partial charge on any atom is -0.383 e. The van der Waals surface area contributed by atoms with Gasteiger partial charge in [0.25, 0.3) is 0 Å². The number of rotatable bonds is 9. The maximum absolute atomic E-state index is 11.9. The maximum Gasteiger partial charge on any atom is 0.239 e. The molecule has 0 aliphatic heterocycles. The van der Waals surface area contributed by atoms with E-state index < -0.39 is 6.04 Å². The minimum atomic E-state index is -0.656. The van der Waals surface area contributed by atoms with E-state index in [0.717, 1.165) is 16.7 Å². The van der Waals surface area contributed by atoms with E-state index in [1.165, 1.54) is 7.11 Å². The van der Waals surface area contributed by atoms with E-state index in [2.05, 4.69) is 5.32 Å². The topological polar surface area (TPSA) is 73.6 Å². The van der Waals surface area contributed by atoms with Crippen LogP contribution in [0, 0.1) is 0 Å². The normalized spacial score (nSPS) is 11.4. The first-order valence-electron chi connectivity index (χ1n) is 7.91. The molecule has 6 heteroatoms. The molecule has 1 unspecified atom stereocenters. The van der Waals surface area contributed by atoms with Gasteiger partial charge in [-0.3, -0.25) is 4.79 Å². The fraction of sp³-hybridized carbons (Fsp3) is 0.316. The van der Waals surface area contributed by atoms with Gasteiger partial charge in [0, 0.05) is 13.7 Å². The van der Waals surface area contributed by atoms with Gasteiger partial charge in [0.05, 0.1) is 19.8 Å². The van der Waals surface area contributed by atoms with Crippen LogP contribution >= 0.6 is 12.4 Å². The number of amides is 1. The highest BCUT2D eigenvalue weighted by Gasteiger charge is 2.13. The van der Waals surface area contributed by atoms with E-state index in [0.29, 0.717) is 19.8 Å². The summed E-state index contributed by atoms with van der Waals surface area (Å²) in [5.41, 5.74) is 8.91. The van der Waals surface area contributed by atoms with Crippen LogP contribution in [0.4, 0.5) is 0 Å². The first-order valence-corrected chi connectivity index (χ1v) is 7.91. The zero-order chi connectivity index (χ0) is 17.2. The van der Waals surface area contributed by atoms with Gasteiger partial charge in [-0.05, 0) is 16.7 Å². The van der Waals surface area contributed by atoms with Crippen molar-refractivity contribution in [3.8, 4) is 0 Å². The van der Waals surface area contributed by atoms with Crippen molar-refractivity contribution in [3.63, 3.8) is 0 Å². The highest BCUT2D eigenvalue weighted by molar-refractivity contribution is 5.85. The second kappa shape index (κ2) is 11.6. The predicted octanol–water partition coefficient (Wildman–Crippen LogP) is 2.42. The van der Waals surface area contributed by atoms with Crippen molar-refractivity contribution in [2.75, 3.05) is 13.7 Å². The summed E-state index contributed by atoms with van der Waals surface area (Å²) in [7, 11) is 1.52. The Morgan fingerprint density at radius 3 is 2.36 bits per heavy atom. The van der Waals surface area contributed by atoms with Gasteiger partial charge >= 0.3 is 0 Å². The van der Waals surface area contributed by atoms with Crippen molar-refractivity contribution in [1.82, 2.24) is 5.32 Å². The molecule has 3 N–H and O–H groups in total. The van der Waals surface area contributed by atoms with Gasteiger partial charge in [0.2, 0.25) is 5.91 Å². The Hall–Kier alpha value is -1.92. The Bertz CT molecular complexity index is 638. The van der Waals surface area contributed by atoms with Gasteiger partial charge in [-0.15, -0.1) is 12.4 Å². The Kier molecular flexibility index (Phi) is 9.80. The summed E-state index contributed by atoms with van der Waals surface area (Å²) in [6, 6.07) is 17.3. The zero-order valence-corrected chi connectivity index (χ0v) is 15.1. The summed E-state index contributed by atoms with van der Waals surface area (Å²) >= 11 is 0. The number of carbonyl (C=O) groups excluding carboxylic acids is 1. The SMILES string of the molecule is COCC(N)C(=O)NCc1ccccc1COCc1ccccc1.Cl. The highest BCUT2D eigenvalue weighted by atomic mass is 35.5. The Morgan fingerprint density at radius 2 is 1.68 bits per heavy atom. The zero-order valence-electron chi connectivity index (χ0n) is 14.3. The molecule has 0 aliphatic carbocycles. The molecule has 0 saturated heterocycles. The average molecular weight is 365 g/mol. The van der Waals surface area contributed by atoms with Gasteiger partial charge < -0.3 is 20.5 Å². The third-order valence-electron chi connectivity index (χ3n) is 3.62. The van der Waals surface area contributed by atoms with E-state index in [4.69, 9.17) is 15.2 Å². The summed E-state index contributed by atoms with van der Waals surface area (Å²) in [5, 5.41) is 2.83. The lowest BCUT2D eigenvalue weighted by Gasteiger charge is -2.14. The van der Waals surface area contributed by atoms with Gasteiger partial charge in [-0.25, -0.2) is 0 Å². The molecule has 0 spiro atoms. The van der Waals surface area contributed by atoms with Crippen LogP contribution < -0.4 is 11.1 Å². The number of hydrogen-bond donors (Lipinski definition) is 2.